The van der Waals surface area contributed by atoms with Gasteiger partial charge in [0.1, 0.15) is 0 Å². The van der Waals surface area contributed by atoms with Gasteiger partial charge in [0.2, 0.25) is 0 Å². The fourth-order valence-corrected chi connectivity index (χ4v) is 3.43. The van der Waals surface area contributed by atoms with Gasteiger partial charge in [-0.2, -0.15) is 0 Å². The topological polar surface area (TPSA) is 35.5 Å². The number of carbonyl (C=O) groups is 1. The van der Waals surface area contributed by atoms with Gasteiger partial charge >= 0.3 is 0 Å². The molecule has 0 aromatic heterocycles. The van der Waals surface area contributed by atoms with E-state index in [1.165, 1.54) is 43.7 Å². The fraction of sp³-hybridized carbons (Fsp3) is 0.591. The van der Waals surface area contributed by atoms with Gasteiger partial charge in [-0.05, 0) is 31.9 Å². The Hall–Kier alpha value is -1.45. The van der Waals surface area contributed by atoms with Crippen molar-refractivity contribution in [3.05, 3.63) is 48.0 Å². The highest BCUT2D eigenvalue weighted by molar-refractivity contribution is 6.04. The zero-order valence-corrected chi connectivity index (χ0v) is 15.9. The van der Waals surface area contributed by atoms with Crippen LogP contribution < -0.4 is 0 Å². The maximum absolute atomic E-state index is 11.6. The van der Waals surface area contributed by atoms with Crippen LogP contribution in [0.3, 0.4) is 0 Å². The number of benzene rings is 1. The second-order valence-electron chi connectivity index (χ2n) is 7.38. The first-order valence-electron chi connectivity index (χ1n) is 9.56. The van der Waals surface area contributed by atoms with Crippen molar-refractivity contribution in [2.24, 2.45) is 0 Å². The van der Waals surface area contributed by atoms with Gasteiger partial charge < -0.3 is 9.47 Å². The van der Waals surface area contributed by atoms with Gasteiger partial charge in [-0.1, -0.05) is 69.9 Å². The summed E-state index contributed by atoms with van der Waals surface area (Å²) in [6.07, 6.45) is 9.75. The molecule has 2 rings (SSSR count). The maximum Gasteiger partial charge on any atom is 0.185 e. The maximum atomic E-state index is 11.6. The number of ether oxygens (including phenoxy) is 2. The Kier molecular flexibility index (Phi) is 7.39. The number of unbranched alkanes of at least 4 members (excludes halogenated alkanes) is 4. The van der Waals surface area contributed by atoms with Gasteiger partial charge in [0.25, 0.3) is 0 Å². The second-order valence-corrected chi connectivity index (χ2v) is 7.38. The highest BCUT2D eigenvalue weighted by Gasteiger charge is 2.40. The van der Waals surface area contributed by atoms with Gasteiger partial charge in [0, 0.05) is 12.0 Å². The lowest BCUT2D eigenvalue weighted by Gasteiger charge is -2.17. The fourth-order valence-electron chi connectivity index (χ4n) is 3.43. The number of hydrogen-bond donors (Lipinski definition) is 0. The van der Waals surface area contributed by atoms with E-state index in [2.05, 4.69) is 13.5 Å². The Morgan fingerprint density at radius 3 is 2.36 bits per heavy atom. The van der Waals surface area contributed by atoms with Crippen molar-refractivity contribution in [3.8, 4) is 0 Å². The zero-order chi connectivity index (χ0) is 18.3. The van der Waals surface area contributed by atoms with Crippen LogP contribution in [0.15, 0.2) is 36.9 Å². The van der Waals surface area contributed by atoms with Crippen molar-refractivity contribution < 1.29 is 14.3 Å². The Bertz CT molecular complexity index is 559. The lowest BCUT2D eigenvalue weighted by molar-refractivity contribution is -0.146. The van der Waals surface area contributed by atoms with Crippen LogP contribution in [0, 0.1) is 0 Å². The van der Waals surface area contributed by atoms with Crippen LogP contribution in [0.2, 0.25) is 0 Å². The van der Waals surface area contributed by atoms with E-state index in [1.807, 2.05) is 38.1 Å². The van der Waals surface area contributed by atoms with Crippen LogP contribution >= 0.6 is 0 Å². The number of carbonyl (C=O) groups excluding carboxylic acids is 1. The van der Waals surface area contributed by atoms with E-state index in [0.717, 1.165) is 12.8 Å². The molecule has 1 heterocycles. The first-order valence-corrected chi connectivity index (χ1v) is 9.56. The Balaban J connectivity index is 1.92. The van der Waals surface area contributed by atoms with Crippen molar-refractivity contribution in [1.29, 1.82) is 0 Å². The number of rotatable bonds is 10. The summed E-state index contributed by atoms with van der Waals surface area (Å²) in [4.78, 5) is 11.6. The first-order chi connectivity index (χ1) is 11.9. The number of ketones is 1. The minimum Gasteiger partial charge on any atom is -0.345 e. The standard InChI is InChI=1S/C22H32O3/c1-5-7-8-9-10-11-20-21(25-22(3,4)24-20)16-17-12-14-18(15-13-17)19(23)6-2/h6,12-15,20-21H,2,5,7-11,16H2,1,3-4H3/t20-,21-/m1/s1. The molecular weight excluding hydrogens is 312 g/mol. The Morgan fingerprint density at radius 1 is 1.08 bits per heavy atom. The van der Waals surface area contributed by atoms with Gasteiger partial charge in [-0.25, -0.2) is 0 Å². The monoisotopic (exact) mass is 344 g/mol. The van der Waals surface area contributed by atoms with Crippen LogP contribution in [-0.2, 0) is 15.9 Å². The summed E-state index contributed by atoms with van der Waals surface area (Å²) < 4.78 is 12.3. The van der Waals surface area contributed by atoms with E-state index in [1.54, 1.807) is 0 Å². The molecule has 0 unspecified atom stereocenters. The average Bonchev–Trinajstić information content (AvgIpc) is 2.88. The van der Waals surface area contributed by atoms with Crippen LogP contribution in [0.25, 0.3) is 0 Å². The van der Waals surface area contributed by atoms with Crippen molar-refractivity contribution in [2.75, 3.05) is 0 Å². The Morgan fingerprint density at radius 2 is 1.72 bits per heavy atom. The molecule has 0 spiro atoms. The van der Waals surface area contributed by atoms with Gasteiger partial charge in [0.15, 0.2) is 11.6 Å². The molecule has 2 atom stereocenters. The van der Waals surface area contributed by atoms with Crippen LogP contribution in [0.4, 0.5) is 0 Å². The molecule has 3 heteroatoms. The lowest BCUT2D eigenvalue weighted by atomic mass is 9.98. The molecule has 1 saturated heterocycles. The minimum absolute atomic E-state index is 0.0434. The van der Waals surface area contributed by atoms with Gasteiger partial charge in [-0.15, -0.1) is 0 Å². The van der Waals surface area contributed by atoms with E-state index in [4.69, 9.17) is 9.47 Å². The third kappa shape index (κ3) is 6.09. The molecule has 1 aliphatic heterocycles. The van der Waals surface area contributed by atoms with E-state index >= 15 is 0 Å². The van der Waals surface area contributed by atoms with E-state index in [9.17, 15) is 4.79 Å². The lowest BCUT2D eigenvalue weighted by Crippen LogP contribution is -2.25. The minimum atomic E-state index is -0.516. The largest absolute Gasteiger partial charge is 0.345 e. The summed E-state index contributed by atoms with van der Waals surface area (Å²) in [5.74, 6) is -0.560. The second kappa shape index (κ2) is 9.30. The molecule has 0 bridgehead atoms. The third-order valence-corrected chi connectivity index (χ3v) is 4.74. The van der Waals surface area contributed by atoms with Crippen LogP contribution in [-0.4, -0.2) is 23.8 Å². The third-order valence-electron chi connectivity index (χ3n) is 4.74. The van der Waals surface area contributed by atoms with Crippen molar-refractivity contribution >= 4 is 5.78 Å². The smallest absolute Gasteiger partial charge is 0.185 e. The van der Waals surface area contributed by atoms with Crippen LogP contribution in [0.5, 0.6) is 0 Å². The number of allylic oxidation sites excluding steroid dienone is 1. The summed E-state index contributed by atoms with van der Waals surface area (Å²) in [6.45, 7) is 9.74. The SMILES string of the molecule is C=CC(=O)c1ccc(C[C@H]2OC(C)(C)O[C@@H]2CCCCCCC)cc1. The molecule has 0 saturated carbocycles. The molecule has 0 N–H and O–H groups in total. The molecule has 0 amide bonds. The summed E-state index contributed by atoms with van der Waals surface area (Å²) in [6, 6.07) is 7.73. The molecule has 0 aliphatic carbocycles. The zero-order valence-electron chi connectivity index (χ0n) is 15.9. The molecule has 0 radical (unpaired) electrons. The molecule has 25 heavy (non-hydrogen) atoms. The molecule has 1 fully saturated rings. The van der Waals surface area contributed by atoms with E-state index in [0.29, 0.717) is 5.56 Å². The summed E-state index contributed by atoms with van der Waals surface area (Å²) >= 11 is 0. The van der Waals surface area contributed by atoms with Crippen molar-refractivity contribution in [3.63, 3.8) is 0 Å². The highest BCUT2D eigenvalue weighted by atomic mass is 16.7. The first kappa shape index (κ1) is 19.9. The molecule has 138 valence electrons. The van der Waals surface area contributed by atoms with Crippen molar-refractivity contribution in [2.45, 2.75) is 83.7 Å². The van der Waals surface area contributed by atoms with Gasteiger partial charge in [0.05, 0.1) is 12.2 Å². The predicted octanol–water partition coefficient (Wildman–Crippen LogP) is 5.48. The van der Waals surface area contributed by atoms with Crippen molar-refractivity contribution in [1.82, 2.24) is 0 Å². The molecule has 1 aliphatic rings. The molecule has 1 aromatic rings. The average molecular weight is 344 g/mol. The highest BCUT2D eigenvalue weighted by Crippen LogP contribution is 2.33. The van der Waals surface area contributed by atoms with Gasteiger partial charge in [-0.3, -0.25) is 4.79 Å². The molecule has 1 aromatic carbocycles. The Labute approximate surface area is 152 Å². The normalized spacial score (nSPS) is 22.0. The summed E-state index contributed by atoms with van der Waals surface area (Å²) in [5, 5.41) is 0. The van der Waals surface area contributed by atoms with E-state index < -0.39 is 5.79 Å². The summed E-state index contributed by atoms with van der Waals surface area (Å²) in [5.41, 5.74) is 1.85. The predicted molar refractivity (Wildman–Crippen MR) is 102 cm³/mol. The molecular formula is C22H32O3. The molecule has 3 nitrogen and oxygen atoms in total. The summed E-state index contributed by atoms with van der Waals surface area (Å²) in [7, 11) is 0. The van der Waals surface area contributed by atoms with Crippen LogP contribution in [0.1, 0.15) is 75.2 Å². The quantitative estimate of drug-likeness (QED) is 0.320. The number of hydrogen-bond acceptors (Lipinski definition) is 3. The van der Waals surface area contributed by atoms with E-state index in [-0.39, 0.29) is 18.0 Å².